The summed E-state index contributed by atoms with van der Waals surface area (Å²) >= 11 is 1.50. The molecule has 0 aliphatic heterocycles. The lowest BCUT2D eigenvalue weighted by molar-refractivity contribution is 0.169. The molecule has 0 bridgehead atoms. The number of thiophene rings is 1. The fraction of sp³-hybridized carbons (Fsp3) is 0.375. The first-order valence-corrected chi connectivity index (χ1v) is 9.80. The molecular weight excluding hydrogens is 334 g/mol. The maximum absolute atomic E-state index is 12.3. The number of hydrogen-bond acceptors (Lipinski definition) is 5. The number of nitrogens with one attached hydrogen (secondary N) is 1. The van der Waals surface area contributed by atoms with E-state index in [4.69, 9.17) is 4.74 Å². The Kier molecular flexibility index (Phi) is 6.17. The zero-order valence-corrected chi connectivity index (χ0v) is 14.8. The molecule has 126 valence electrons. The zero-order valence-electron chi connectivity index (χ0n) is 13.2. The third kappa shape index (κ3) is 4.78. The van der Waals surface area contributed by atoms with Gasteiger partial charge >= 0.3 is 0 Å². The topological polar surface area (TPSA) is 75.6 Å². The fourth-order valence-corrected chi connectivity index (χ4v) is 3.99. The van der Waals surface area contributed by atoms with Gasteiger partial charge in [0.15, 0.2) is 0 Å². The van der Waals surface area contributed by atoms with Gasteiger partial charge in [-0.1, -0.05) is 0 Å². The quantitative estimate of drug-likeness (QED) is 0.763. The Bertz CT molecular complexity index is 727. The lowest BCUT2D eigenvalue weighted by Crippen LogP contribution is -2.26. The predicted molar refractivity (Wildman–Crippen MR) is 91.4 cm³/mol. The molecular formula is C16H21NO4S2. The van der Waals surface area contributed by atoms with Gasteiger partial charge in [0.1, 0.15) is 5.75 Å². The highest BCUT2D eigenvalue weighted by Crippen LogP contribution is 2.22. The van der Waals surface area contributed by atoms with E-state index in [1.807, 2.05) is 30.7 Å². The highest BCUT2D eigenvalue weighted by atomic mass is 32.2. The van der Waals surface area contributed by atoms with Gasteiger partial charge in [0.2, 0.25) is 10.0 Å². The van der Waals surface area contributed by atoms with Crippen molar-refractivity contribution in [2.24, 2.45) is 0 Å². The third-order valence-electron chi connectivity index (χ3n) is 3.39. The molecule has 1 atom stereocenters. The molecule has 0 fully saturated rings. The second-order valence-electron chi connectivity index (χ2n) is 5.12. The van der Waals surface area contributed by atoms with E-state index < -0.39 is 16.1 Å². The van der Waals surface area contributed by atoms with Crippen LogP contribution in [0, 0.1) is 6.92 Å². The maximum Gasteiger partial charge on any atom is 0.240 e. The molecule has 0 saturated carbocycles. The molecule has 0 amide bonds. The van der Waals surface area contributed by atoms with Gasteiger partial charge in [0.05, 0.1) is 17.6 Å². The lowest BCUT2D eigenvalue weighted by atomic mass is 10.1. The number of rotatable bonds is 8. The first-order chi connectivity index (χ1) is 10.9. The van der Waals surface area contributed by atoms with Crippen molar-refractivity contribution in [2.45, 2.75) is 31.3 Å². The number of aliphatic hydroxyl groups excluding tert-OH is 1. The van der Waals surface area contributed by atoms with Crippen LogP contribution in [-0.4, -0.2) is 26.7 Å². The van der Waals surface area contributed by atoms with Crippen molar-refractivity contribution in [3.63, 3.8) is 0 Å². The average molecular weight is 355 g/mol. The van der Waals surface area contributed by atoms with Crippen LogP contribution in [-0.2, 0) is 10.0 Å². The molecule has 2 N–H and O–H groups in total. The summed E-state index contributed by atoms with van der Waals surface area (Å²) < 4.78 is 32.5. The Balaban J connectivity index is 1.97. The van der Waals surface area contributed by atoms with Crippen molar-refractivity contribution in [2.75, 3.05) is 13.2 Å². The Hall–Kier alpha value is -1.41. The van der Waals surface area contributed by atoms with Crippen molar-refractivity contribution in [1.29, 1.82) is 0 Å². The van der Waals surface area contributed by atoms with E-state index in [0.717, 1.165) is 11.1 Å². The molecule has 5 nitrogen and oxygen atoms in total. The van der Waals surface area contributed by atoms with Crippen LogP contribution in [0.2, 0.25) is 0 Å². The van der Waals surface area contributed by atoms with Crippen LogP contribution >= 0.6 is 11.3 Å². The molecule has 0 saturated heterocycles. The van der Waals surface area contributed by atoms with Gasteiger partial charge in [0.25, 0.3) is 0 Å². The summed E-state index contributed by atoms with van der Waals surface area (Å²) in [5.74, 6) is 0.680. The third-order valence-corrected chi connectivity index (χ3v) is 5.55. The minimum absolute atomic E-state index is 0.172. The van der Waals surface area contributed by atoms with Crippen LogP contribution in [0.5, 0.6) is 5.75 Å². The first kappa shape index (κ1) is 17.9. The van der Waals surface area contributed by atoms with E-state index in [2.05, 4.69) is 4.72 Å². The minimum Gasteiger partial charge on any atom is -0.494 e. The van der Waals surface area contributed by atoms with E-state index in [1.165, 1.54) is 17.4 Å². The number of benzene rings is 1. The van der Waals surface area contributed by atoms with Gasteiger partial charge in [-0.25, -0.2) is 13.1 Å². The normalized spacial score (nSPS) is 13.0. The van der Waals surface area contributed by atoms with Crippen LogP contribution in [0.4, 0.5) is 0 Å². The Morgan fingerprint density at radius 2 is 2.13 bits per heavy atom. The molecule has 1 unspecified atom stereocenters. The highest BCUT2D eigenvalue weighted by molar-refractivity contribution is 7.89. The summed E-state index contributed by atoms with van der Waals surface area (Å²) in [5, 5.41) is 13.7. The van der Waals surface area contributed by atoms with Crippen molar-refractivity contribution in [3.8, 4) is 5.75 Å². The number of aryl methyl sites for hydroxylation is 1. The maximum atomic E-state index is 12.3. The minimum atomic E-state index is -3.59. The van der Waals surface area contributed by atoms with Gasteiger partial charge in [-0.05, 0) is 66.4 Å². The standard InChI is InChI=1S/C16H21NO4S2/c1-3-21-16-5-4-14(10-12(16)2)23(19,20)17-8-6-15(18)13-7-9-22-11-13/h4-5,7,9-11,15,17-18H,3,6,8H2,1-2H3. The van der Waals surface area contributed by atoms with Crippen LogP contribution < -0.4 is 9.46 Å². The van der Waals surface area contributed by atoms with Crippen LogP contribution in [0.1, 0.15) is 30.6 Å². The summed E-state index contributed by atoms with van der Waals surface area (Å²) in [7, 11) is -3.59. The van der Waals surface area contributed by atoms with Crippen molar-refractivity contribution in [1.82, 2.24) is 4.72 Å². The van der Waals surface area contributed by atoms with E-state index in [9.17, 15) is 13.5 Å². The molecule has 0 aliphatic carbocycles. The van der Waals surface area contributed by atoms with Crippen molar-refractivity contribution >= 4 is 21.4 Å². The van der Waals surface area contributed by atoms with E-state index in [-0.39, 0.29) is 11.4 Å². The first-order valence-electron chi connectivity index (χ1n) is 7.37. The van der Waals surface area contributed by atoms with Crippen LogP contribution in [0.15, 0.2) is 39.9 Å². The Labute approximate surface area is 141 Å². The van der Waals surface area contributed by atoms with Crippen molar-refractivity contribution < 1.29 is 18.3 Å². The summed E-state index contributed by atoms with van der Waals surface area (Å²) in [6.07, 6.45) is -0.336. The Morgan fingerprint density at radius 1 is 1.35 bits per heavy atom. The molecule has 0 aliphatic rings. The Morgan fingerprint density at radius 3 is 2.74 bits per heavy atom. The highest BCUT2D eigenvalue weighted by Gasteiger charge is 2.16. The van der Waals surface area contributed by atoms with E-state index in [1.54, 1.807) is 12.1 Å². The number of sulfonamides is 1. The largest absolute Gasteiger partial charge is 0.494 e. The lowest BCUT2D eigenvalue weighted by Gasteiger charge is -2.12. The van der Waals surface area contributed by atoms with Crippen molar-refractivity contribution in [3.05, 3.63) is 46.2 Å². The van der Waals surface area contributed by atoms with Crippen LogP contribution in [0.3, 0.4) is 0 Å². The second kappa shape index (κ2) is 7.92. The molecule has 7 heteroatoms. The number of hydrogen-bond donors (Lipinski definition) is 2. The number of ether oxygens (including phenoxy) is 1. The van der Waals surface area contributed by atoms with Gasteiger partial charge < -0.3 is 9.84 Å². The van der Waals surface area contributed by atoms with Gasteiger partial charge in [-0.15, -0.1) is 0 Å². The predicted octanol–water partition coefficient (Wildman–Crippen LogP) is 2.86. The molecule has 1 aromatic heterocycles. The molecule has 2 aromatic rings. The van der Waals surface area contributed by atoms with Gasteiger partial charge in [0, 0.05) is 6.54 Å². The molecule has 0 radical (unpaired) electrons. The van der Waals surface area contributed by atoms with Gasteiger partial charge in [-0.3, -0.25) is 0 Å². The molecule has 1 heterocycles. The van der Waals surface area contributed by atoms with Gasteiger partial charge in [-0.2, -0.15) is 11.3 Å². The fourth-order valence-electron chi connectivity index (χ4n) is 2.15. The molecule has 0 spiro atoms. The monoisotopic (exact) mass is 355 g/mol. The summed E-state index contributed by atoms with van der Waals surface area (Å²) in [5.41, 5.74) is 1.58. The van der Waals surface area contributed by atoms with Crippen LogP contribution in [0.25, 0.3) is 0 Å². The zero-order chi connectivity index (χ0) is 16.9. The summed E-state index contributed by atoms with van der Waals surface area (Å²) in [4.78, 5) is 0.198. The molecule has 1 aromatic carbocycles. The molecule has 2 rings (SSSR count). The molecule has 23 heavy (non-hydrogen) atoms. The SMILES string of the molecule is CCOc1ccc(S(=O)(=O)NCCC(O)c2ccsc2)cc1C. The van der Waals surface area contributed by atoms with E-state index >= 15 is 0 Å². The second-order valence-corrected chi connectivity index (χ2v) is 7.67. The smallest absolute Gasteiger partial charge is 0.240 e. The number of aliphatic hydroxyl groups is 1. The average Bonchev–Trinajstić information content (AvgIpc) is 3.03. The van der Waals surface area contributed by atoms with E-state index in [0.29, 0.717) is 18.8 Å². The summed E-state index contributed by atoms with van der Waals surface area (Å²) in [6.45, 7) is 4.39. The summed E-state index contributed by atoms with van der Waals surface area (Å²) in [6, 6.07) is 6.60.